The van der Waals surface area contributed by atoms with Gasteiger partial charge >= 0.3 is 0 Å². The lowest BCUT2D eigenvalue weighted by Gasteiger charge is -2.16. The number of nitrogens with one attached hydrogen (secondary N) is 1. The molecule has 0 radical (unpaired) electrons. The fraction of sp³-hybridized carbons (Fsp3) is 0.294. The van der Waals surface area contributed by atoms with Crippen molar-refractivity contribution in [1.29, 1.82) is 0 Å². The maximum atomic E-state index is 5.90. The third kappa shape index (κ3) is 4.95. The first-order valence-corrected chi connectivity index (χ1v) is 8.39. The van der Waals surface area contributed by atoms with E-state index in [0.717, 1.165) is 22.3 Å². The van der Waals surface area contributed by atoms with Crippen LogP contribution in [0.15, 0.2) is 48.5 Å². The van der Waals surface area contributed by atoms with Crippen LogP contribution >= 0.6 is 23.4 Å². The van der Waals surface area contributed by atoms with Crippen molar-refractivity contribution in [3.8, 4) is 5.75 Å². The Morgan fingerprint density at radius 3 is 2.33 bits per heavy atom. The number of rotatable bonds is 7. The van der Waals surface area contributed by atoms with Crippen molar-refractivity contribution in [3.63, 3.8) is 0 Å². The van der Waals surface area contributed by atoms with Gasteiger partial charge in [0.1, 0.15) is 5.75 Å². The first-order chi connectivity index (χ1) is 10.2. The molecule has 1 unspecified atom stereocenters. The molecule has 2 nitrogen and oxygen atoms in total. The number of hydrogen-bond acceptors (Lipinski definition) is 3. The quantitative estimate of drug-likeness (QED) is 0.808. The minimum absolute atomic E-state index is 0.341. The summed E-state index contributed by atoms with van der Waals surface area (Å²) in [5, 5.41) is 4.16. The van der Waals surface area contributed by atoms with Crippen LogP contribution in [0.4, 0.5) is 0 Å². The van der Waals surface area contributed by atoms with Gasteiger partial charge < -0.3 is 10.1 Å². The molecule has 0 aliphatic carbocycles. The summed E-state index contributed by atoms with van der Waals surface area (Å²) < 4.78 is 5.19. The lowest BCUT2D eigenvalue weighted by molar-refractivity contribution is 0.414. The van der Waals surface area contributed by atoms with E-state index in [9.17, 15) is 0 Å². The molecule has 21 heavy (non-hydrogen) atoms. The Balaban J connectivity index is 1.88. The zero-order valence-electron chi connectivity index (χ0n) is 12.3. The molecule has 0 aliphatic rings. The summed E-state index contributed by atoms with van der Waals surface area (Å²) in [5.41, 5.74) is 2.58. The van der Waals surface area contributed by atoms with E-state index in [1.54, 1.807) is 7.11 Å². The Morgan fingerprint density at radius 2 is 1.76 bits per heavy atom. The fourth-order valence-corrected chi connectivity index (χ4v) is 3.32. The zero-order valence-corrected chi connectivity index (χ0v) is 13.9. The lowest BCUT2D eigenvalue weighted by atomic mass is 10.1. The molecule has 112 valence electrons. The van der Waals surface area contributed by atoms with Crippen molar-refractivity contribution in [2.75, 3.05) is 19.9 Å². The first-order valence-electron chi connectivity index (χ1n) is 6.86. The molecule has 0 aliphatic heterocycles. The van der Waals surface area contributed by atoms with Crippen molar-refractivity contribution in [2.45, 2.75) is 11.8 Å². The largest absolute Gasteiger partial charge is 0.497 e. The molecule has 2 aromatic rings. The van der Waals surface area contributed by atoms with Gasteiger partial charge in [0.15, 0.2) is 0 Å². The second kappa shape index (κ2) is 8.32. The molecule has 1 atom stereocenters. The van der Waals surface area contributed by atoms with Gasteiger partial charge in [0.05, 0.1) is 7.11 Å². The molecule has 0 fully saturated rings. The standard InChI is InChI=1S/C17H20ClNOS/c1-19-17(14-5-9-16(20-2)10-6-14)12-21-11-13-3-7-15(18)8-4-13/h3-10,17,19H,11-12H2,1-2H3. The van der Waals surface area contributed by atoms with E-state index in [2.05, 4.69) is 29.6 Å². The lowest BCUT2D eigenvalue weighted by Crippen LogP contribution is -2.18. The van der Waals surface area contributed by atoms with Gasteiger partial charge in [-0.05, 0) is 42.4 Å². The predicted molar refractivity (Wildman–Crippen MR) is 92.4 cm³/mol. The van der Waals surface area contributed by atoms with E-state index in [1.807, 2.05) is 43.1 Å². The Kier molecular flexibility index (Phi) is 6.43. The van der Waals surface area contributed by atoms with Gasteiger partial charge in [-0.25, -0.2) is 0 Å². The topological polar surface area (TPSA) is 21.3 Å². The maximum absolute atomic E-state index is 5.90. The molecule has 0 heterocycles. The Bertz CT molecular complexity index is 542. The number of ether oxygens (including phenoxy) is 1. The first kappa shape index (κ1) is 16.2. The van der Waals surface area contributed by atoms with Crippen LogP contribution in [0, 0.1) is 0 Å². The van der Waals surface area contributed by atoms with Crippen LogP contribution in [0.5, 0.6) is 5.75 Å². The van der Waals surface area contributed by atoms with Gasteiger partial charge in [0.25, 0.3) is 0 Å². The van der Waals surface area contributed by atoms with Gasteiger partial charge in [-0.1, -0.05) is 35.9 Å². The smallest absolute Gasteiger partial charge is 0.118 e. The molecule has 4 heteroatoms. The molecule has 0 spiro atoms. The van der Waals surface area contributed by atoms with E-state index >= 15 is 0 Å². The molecule has 0 saturated heterocycles. The molecule has 0 saturated carbocycles. The monoisotopic (exact) mass is 321 g/mol. The summed E-state index contributed by atoms with van der Waals surface area (Å²) in [4.78, 5) is 0. The number of benzene rings is 2. The van der Waals surface area contributed by atoms with Crippen LogP contribution in [0.1, 0.15) is 17.2 Å². The number of thioether (sulfide) groups is 1. The Hall–Kier alpha value is -1.16. The van der Waals surface area contributed by atoms with Crippen molar-refractivity contribution < 1.29 is 4.74 Å². The van der Waals surface area contributed by atoms with Crippen molar-refractivity contribution >= 4 is 23.4 Å². The van der Waals surface area contributed by atoms with Crippen molar-refractivity contribution in [2.24, 2.45) is 0 Å². The number of halogens is 1. The molecular weight excluding hydrogens is 302 g/mol. The van der Waals surface area contributed by atoms with Crippen LogP contribution < -0.4 is 10.1 Å². The summed E-state index contributed by atoms with van der Waals surface area (Å²) in [6, 6.07) is 16.6. The summed E-state index contributed by atoms with van der Waals surface area (Å²) >= 11 is 7.81. The molecule has 2 rings (SSSR count). The molecular formula is C17H20ClNOS. The highest BCUT2D eigenvalue weighted by Gasteiger charge is 2.09. The van der Waals surface area contributed by atoms with Gasteiger partial charge in [-0.3, -0.25) is 0 Å². The van der Waals surface area contributed by atoms with Crippen LogP contribution in [0.3, 0.4) is 0 Å². The molecule has 0 amide bonds. The van der Waals surface area contributed by atoms with E-state index in [1.165, 1.54) is 11.1 Å². The summed E-state index contributed by atoms with van der Waals surface area (Å²) in [7, 11) is 3.68. The van der Waals surface area contributed by atoms with Gasteiger partial charge in [0.2, 0.25) is 0 Å². The summed E-state index contributed by atoms with van der Waals surface area (Å²) in [6.45, 7) is 0. The van der Waals surface area contributed by atoms with Crippen LogP contribution in [-0.2, 0) is 5.75 Å². The van der Waals surface area contributed by atoms with E-state index < -0.39 is 0 Å². The number of methoxy groups -OCH3 is 1. The Morgan fingerprint density at radius 1 is 1.10 bits per heavy atom. The van der Waals surface area contributed by atoms with Crippen LogP contribution in [0.2, 0.25) is 5.02 Å². The summed E-state index contributed by atoms with van der Waals surface area (Å²) in [5.74, 6) is 2.90. The van der Waals surface area contributed by atoms with E-state index in [-0.39, 0.29) is 0 Å². The highest BCUT2D eigenvalue weighted by molar-refractivity contribution is 7.98. The van der Waals surface area contributed by atoms with Crippen molar-refractivity contribution in [3.05, 3.63) is 64.7 Å². The average molecular weight is 322 g/mol. The predicted octanol–water partition coefficient (Wildman–Crippen LogP) is 4.54. The minimum atomic E-state index is 0.341. The van der Waals surface area contributed by atoms with Gasteiger partial charge in [-0.2, -0.15) is 11.8 Å². The van der Waals surface area contributed by atoms with E-state index in [0.29, 0.717) is 6.04 Å². The Labute approximate surface area is 135 Å². The minimum Gasteiger partial charge on any atom is -0.497 e. The normalized spacial score (nSPS) is 12.1. The second-order valence-corrected chi connectivity index (χ2v) is 6.22. The third-order valence-electron chi connectivity index (χ3n) is 3.33. The van der Waals surface area contributed by atoms with Crippen molar-refractivity contribution in [1.82, 2.24) is 5.32 Å². The third-order valence-corrected chi connectivity index (χ3v) is 4.69. The zero-order chi connectivity index (χ0) is 15.1. The average Bonchev–Trinajstić information content (AvgIpc) is 2.53. The maximum Gasteiger partial charge on any atom is 0.118 e. The molecule has 0 bridgehead atoms. The fourth-order valence-electron chi connectivity index (χ4n) is 2.06. The van der Waals surface area contributed by atoms with Crippen LogP contribution in [-0.4, -0.2) is 19.9 Å². The highest BCUT2D eigenvalue weighted by atomic mass is 35.5. The summed E-state index contributed by atoms with van der Waals surface area (Å²) in [6.07, 6.45) is 0. The van der Waals surface area contributed by atoms with Gasteiger partial charge in [0, 0.05) is 22.6 Å². The molecule has 0 aromatic heterocycles. The molecule has 2 aromatic carbocycles. The van der Waals surface area contributed by atoms with E-state index in [4.69, 9.17) is 16.3 Å². The molecule has 1 N–H and O–H groups in total. The second-order valence-electron chi connectivity index (χ2n) is 4.76. The van der Waals surface area contributed by atoms with Crippen LogP contribution in [0.25, 0.3) is 0 Å². The highest BCUT2D eigenvalue weighted by Crippen LogP contribution is 2.23. The number of hydrogen-bond donors (Lipinski definition) is 1. The SMILES string of the molecule is CNC(CSCc1ccc(Cl)cc1)c1ccc(OC)cc1. The van der Waals surface area contributed by atoms with Gasteiger partial charge in [-0.15, -0.1) is 0 Å².